The SMILES string of the molecule is O=C1C=CCC12SCCNC2=O. The van der Waals surface area contributed by atoms with Gasteiger partial charge in [0.15, 0.2) is 10.5 Å². The van der Waals surface area contributed by atoms with Crippen LogP contribution in [0.1, 0.15) is 6.42 Å². The van der Waals surface area contributed by atoms with Crippen molar-refractivity contribution in [2.75, 3.05) is 12.3 Å². The van der Waals surface area contributed by atoms with Crippen LogP contribution in [0.3, 0.4) is 0 Å². The number of hydrogen-bond acceptors (Lipinski definition) is 3. The van der Waals surface area contributed by atoms with Gasteiger partial charge < -0.3 is 5.32 Å². The fourth-order valence-electron chi connectivity index (χ4n) is 1.50. The van der Waals surface area contributed by atoms with E-state index in [0.29, 0.717) is 13.0 Å². The summed E-state index contributed by atoms with van der Waals surface area (Å²) in [5, 5.41) is 2.72. The molecule has 1 fully saturated rings. The van der Waals surface area contributed by atoms with Gasteiger partial charge in [-0.15, -0.1) is 11.8 Å². The van der Waals surface area contributed by atoms with E-state index in [-0.39, 0.29) is 11.7 Å². The van der Waals surface area contributed by atoms with Crippen LogP contribution in [0.15, 0.2) is 12.2 Å². The maximum Gasteiger partial charge on any atom is 0.244 e. The molecule has 1 spiro atoms. The summed E-state index contributed by atoms with van der Waals surface area (Å²) in [6.07, 6.45) is 3.85. The molecule has 0 saturated carbocycles. The van der Waals surface area contributed by atoms with E-state index >= 15 is 0 Å². The van der Waals surface area contributed by atoms with Gasteiger partial charge in [0.25, 0.3) is 0 Å². The Labute approximate surface area is 74.6 Å². The average Bonchev–Trinajstić information content (AvgIpc) is 2.41. The zero-order valence-electron chi connectivity index (χ0n) is 6.50. The van der Waals surface area contributed by atoms with Crippen LogP contribution in [0.4, 0.5) is 0 Å². The first-order valence-electron chi connectivity index (χ1n) is 3.89. The van der Waals surface area contributed by atoms with Gasteiger partial charge in [-0.3, -0.25) is 9.59 Å². The third-order valence-electron chi connectivity index (χ3n) is 2.18. The van der Waals surface area contributed by atoms with E-state index in [1.807, 2.05) is 0 Å². The van der Waals surface area contributed by atoms with Gasteiger partial charge in [0.2, 0.25) is 5.91 Å². The molecule has 0 radical (unpaired) electrons. The van der Waals surface area contributed by atoms with E-state index in [1.165, 1.54) is 17.8 Å². The first-order chi connectivity index (χ1) is 5.76. The molecule has 4 heteroatoms. The van der Waals surface area contributed by atoms with Crippen LogP contribution in [0.25, 0.3) is 0 Å². The second kappa shape index (κ2) is 2.62. The molecular weight excluding hydrogens is 174 g/mol. The minimum absolute atomic E-state index is 0.0512. The molecule has 2 rings (SSSR count). The lowest BCUT2D eigenvalue weighted by Crippen LogP contribution is -2.52. The Hall–Kier alpha value is -0.770. The van der Waals surface area contributed by atoms with Gasteiger partial charge in [-0.1, -0.05) is 6.08 Å². The predicted octanol–water partition coefficient (Wildman–Crippen LogP) is 0.117. The molecule has 1 N–H and O–H groups in total. The minimum Gasteiger partial charge on any atom is -0.354 e. The van der Waals surface area contributed by atoms with Crippen molar-refractivity contribution >= 4 is 23.5 Å². The molecule has 0 aromatic carbocycles. The number of hydrogen-bond donors (Lipinski definition) is 1. The van der Waals surface area contributed by atoms with Crippen molar-refractivity contribution in [3.8, 4) is 0 Å². The van der Waals surface area contributed by atoms with Crippen molar-refractivity contribution in [1.29, 1.82) is 0 Å². The van der Waals surface area contributed by atoms with Crippen molar-refractivity contribution in [2.24, 2.45) is 0 Å². The summed E-state index contributed by atoms with van der Waals surface area (Å²) in [6.45, 7) is 0.679. The van der Waals surface area contributed by atoms with E-state index < -0.39 is 4.75 Å². The number of allylic oxidation sites excluding steroid dienone is 2. The Balaban J connectivity index is 2.29. The fourth-order valence-corrected chi connectivity index (χ4v) is 2.68. The van der Waals surface area contributed by atoms with Gasteiger partial charge in [0.1, 0.15) is 0 Å². The molecule has 3 nitrogen and oxygen atoms in total. The quantitative estimate of drug-likeness (QED) is 0.542. The molecule has 0 bridgehead atoms. The zero-order chi connectivity index (χ0) is 8.60. The van der Waals surface area contributed by atoms with Gasteiger partial charge >= 0.3 is 0 Å². The van der Waals surface area contributed by atoms with Gasteiger partial charge in [-0.05, 0) is 12.5 Å². The molecule has 1 amide bonds. The van der Waals surface area contributed by atoms with E-state index in [0.717, 1.165) is 5.75 Å². The number of carbonyl (C=O) groups excluding carboxylic acids is 2. The largest absolute Gasteiger partial charge is 0.354 e. The Morgan fingerprint density at radius 3 is 2.92 bits per heavy atom. The van der Waals surface area contributed by atoms with Gasteiger partial charge in [0.05, 0.1) is 0 Å². The molecule has 64 valence electrons. The van der Waals surface area contributed by atoms with E-state index in [9.17, 15) is 9.59 Å². The van der Waals surface area contributed by atoms with Crippen LogP contribution in [-0.4, -0.2) is 28.7 Å². The molecule has 12 heavy (non-hydrogen) atoms. The van der Waals surface area contributed by atoms with Crippen LogP contribution in [0.5, 0.6) is 0 Å². The van der Waals surface area contributed by atoms with Crippen LogP contribution in [0.2, 0.25) is 0 Å². The number of thioether (sulfide) groups is 1. The summed E-state index contributed by atoms with van der Waals surface area (Å²) in [5.41, 5.74) is 0. The Morgan fingerprint density at radius 2 is 2.33 bits per heavy atom. The Kier molecular flexibility index (Phi) is 1.72. The lowest BCUT2D eigenvalue weighted by atomic mass is 10.0. The highest BCUT2D eigenvalue weighted by Gasteiger charge is 2.48. The molecule has 1 aliphatic carbocycles. The van der Waals surface area contributed by atoms with Crippen molar-refractivity contribution in [1.82, 2.24) is 5.32 Å². The van der Waals surface area contributed by atoms with Crippen molar-refractivity contribution in [3.63, 3.8) is 0 Å². The smallest absolute Gasteiger partial charge is 0.244 e. The highest BCUT2D eigenvalue weighted by molar-refractivity contribution is 8.02. The third-order valence-corrected chi connectivity index (χ3v) is 3.63. The molecule has 1 saturated heterocycles. The van der Waals surface area contributed by atoms with Crippen molar-refractivity contribution in [3.05, 3.63) is 12.2 Å². The first kappa shape index (κ1) is 7.86. The normalized spacial score (nSPS) is 34.3. The molecule has 0 aromatic rings. The van der Waals surface area contributed by atoms with Crippen molar-refractivity contribution in [2.45, 2.75) is 11.2 Å². The maximum atomic E-state index is 11.4. The van der Waals surface area contributed by atoms with Gasteiger partial charge in [-0.2, -0.15) is 0 Å². The monoisotopic (exact) mass is 183 g/mol. The second-order valence-electron chi connectivity index (χ2n) is 2.90. The van der Waals surface area contributed by atoms with Crippen LogP contribution in [-0.2, 0) is 9.59 Å². The van der Waals surface area contributed by atoms with Gasteiger partial charge in [0, 0.05) is 12.3 Å². The average molecular weight is 183 g/mol. The third kappa shape index (κ3) is 0.909. The molecule has 0 aromatic heterocycles. The number of carbonyl (C=O) groups is 2. The summed E-state index contributed by atoms with van der Waals surface area (Å²) >= 11 is 1.47. The number of rotatable bonds is 0. The van der Waals surface area contributed by atoms with Crippen LogP contribution in [0, 0.1) is 0 Å². The van der Waals surface area contributed by atoms with Crippen molar-refractivity contribution < 1.29 is 9.59 Å². The Bertz CT molecular complexity index is 274. The van der Waals surface area contributed by atoms with Crippen LogP contribution < -0.4 is 5.32 Å². The summed E-state index contributed by atoms with van der Waals surface area (Å²) in [6, 6.07) is 0. The topological polar surface area (TPSA) is 46.2 Å². The fraction of sp³-hybridized carbons (Fsp3) is 0.500. The zero-order valence-corrected chi connectivity index (χ0v) is 7.32. The summed E-state index contributed by atoms with van der Waals surface area (Å²) in [7, 11) is 0. The molecule has 1 aliphatic heterocycles. The lowest BCUT2D eigenvalue weighted by Gasteiger charge is -2.29. The van der Waals surface area contributed by atoms with Crippen LogP contribution >= 0.6 is 11.8 Å². The van der Waals surface area contributed by atoms with E-state index in [4.69, 9.17) is 0 Å². The second-order valence-corrected chi connectivity index (χ2v) is 4.30. The molecule has 1 atom stereocenters. The highest BCUT2D eigenvalue weighted by Crippen LogP contribution is 2.36. The van der Waals surface area contributed by atoms with E-state index in [2.05, 4.69) is 5.32 Å². The standard InChI is InChI=1S/C8H9NO2S/c10-6-2-1-3-8(6)7(11)9-4-5-12-8/h1-2H,3-5H2,(H,9,11). The molecule has 1 unspecified atom stereocenters. The number of amides is 1. The van der Waals surface area contributed by atoms with Gasteiger partial charge in [-0.25, -0.2) is 0 Å². The summed E-state index contributed by atoms with van der Waals surface area (Å²) in [5.74, 6) is 0.664. The Morgan fingerprint density at radius 1 is 1.50 bits per heavy atom. The highest BCUT2D eigenvalue weighted by atomic mass is 32.2. The lowest BCUT2D eigenvalue weighted by molar-refractivity contribution is -0.129. The summed E-state index contributed by atoms with van der Waals surface area (Å²) < 4.78 is -0.793. The number of ketones is 1. The minimum atomic E-state index is -0.793. The first-order valence-corrected chi connectivity index (χ1v) is 4.87. The predicted molar refractivity (Wildman–Crippen MR) is 47.0 cm³/mol. The number of nitrogens with one attached hydrogen (secondary N) is 1. The maximum absolute atomic E-state index is 11.4. The molecule has 1 heterocycles. The van der Waals surface area contributed by atoms with E-state index in [1.54, 1.807) is 6.08 Å². The molecular formula is C8H9NO2S. The molecule has 2 aliphatic rings. The summed E-state index contributed by atoms with van der Waals surface area (Å²) in [4.78, 5) is 22.8.